The van der Waals surface area contributed by atoms with Gasteiger partial charge in [-0.3, -0.25) is 14.4 Å². The van der Waals surface area contributed by atoms with E-state index in [-0.39, 0.29) is 4.90 Å². The summed E-state index contributed by atoms with van der Waals surface area (Å²) in [6.45, 7) is 1.91. The van der Waals surface area contributed by atoms with Crippen LogP contribution in [0.15, 0.2) is 47.8 Å². The molecule has 28 heavy (non-hydrogen) atoms. The molecule has 0 aliphatic carbocycles. The zero-order chi connectivity index (χ0) is 19.9. The number of fused-ring (bicyclic) bond motifs is 1. The lowest BCUT2D eigenvalue weighted by Gasteiger charge is -2.14. The molecule has 0 radical (unpaired) electrons. The summed E-state index contributed by atoms with van der Waals surface area (Å²) in [6.07, 6.45) is 4.73. The molecule has 8 nitrogen and oxygen atoms in total. The van der Waals surface area contributed by atoms with E-state index in [1.807, 2.05) is 13.0 Å². The number of sulfonamides is 1. The second-order valence-corrected chi connectivity index (χ2v) is 8.99. The van der Waals surface area contributed by atoms with Crippen LogP contribution in [0.2, 0.25) is 0 Å². The Morgan fingerprint density at radius 1 is 1.11 bits per heavy atom. The van der Waals surface area contributed by atoms with Crippen molar-refractivity contribution < 1.29 is 13.2 Å². The predicted molar refractivity (Wildman–Crippen MR) is 108 cm³/mol. The summed E-state index contributed by atoms with van der Waals surface area (Å²) < 4.78 is 35.5. The lowest BCUT2D eigenvalue weighted by molar-refractivity contribution is 0.417. The summed E-state index contributed by atoms with van der Waals surface area (Å²) in [5, 5.41) is 5.91. The number of hydrogen-bond donors (Lipinski definition) is 1. The topological polar surface area (TPSA) is 99.0 Å². The molecule has 1 aromatic carbocycles. The van der Waals surface area contributed by atoms with Gasteiger partial charge in [-0.05, 0) is 31.2 Å². The number of pyridine rings is 1. The number of thiazole rings is 1. The average molecular weight is 416 g/mol. The van der Waals surface area contributed by atoms with Crippen molar-refractivity contribution in [2.24, 2.45) is 7.05 Å². The molecule has 1 N–H and O–H groups in total. The second-order valence-electron chi connectivity index (χ2n) is 6.08. The van der Waals surface area contributed by atoms with E-state index in [0.717, 1.165) is 15.3 Å². The van der Waals surface area contributed by atoms with Crippen LogP contribution >= 0.6 is 11.3 Å². The SMILES string of the molecule is COc1ccc2cnn(C)c2c1NS(=O)(=O)c1ccc(-c2cnc(C)s2)nc1. The van der Waals surface area contributed by atoms with Gasteiger partial charge in [0.25, 0.3) is 10.0 Å². The molecule has 3 heterocycles. The lowest BCUT2D eigenvalue weighted by atomic mass is 10.2. The van der Waals surface area contributed by atoms with Crippen LogP contribution in [0.4, 0.5) is 5.69 Å². The monoisotopic (exact) mass is 415 g/mol. The van der Waals surface area contributed by atoms with Crippen LogP contribution < -0.4 is 9.46 Å². The predicted octanol–water partition coefficient (Wildman–Crippen LogP) is 3.21. The largest absolute Gasteiger partial charge is 0.494 e. The first-order chi connectivity index (χ1) is 13.4. The van der Waals surface area contributed by atoms with E-state index in [2.05, 4.69) is 19.8 Å². The van der Waals surface area contributed by atoms with E-state index in [4.69, 9.17) is 4.74 Å². The van der Waals surface area contributed by atoms with Crippen molar-refractivity contribution >= 4 is 38.0 Å². The van der Waals surface area contributed by atoms with Crippen LogP contribution in [0.1, 0.15) is 5.01 Å². The highest BCUT2D eigenvalue weighted by Gasteiger charge is 2.21. The molecule has 0 fully saturated rings. The van der Waals surface area contributed by atoms with Gasteiger partial charge in [0.2, 0.25) is 0 Å². The second kappa shape index (κ2) is 6.88. The number of rotatable bonds is 5. The van der Waals surface area contributed by atoms with E-state index < -0.39 is 10.0 Å². The number of nitrogens with zero attached hydrogens (tertiary/aromatic N) is 4. The van der Waals surface area contributed by atoms with Gasteiger partial charge in [-0.25, -0.2) is 13.4 Å². The van der Waals surface area contributed by atoms with Gasteiger partial charge in [-0.15, -0.1) is 11.3 Å². The number of methoxy groups -OCH3 is 1. The average Bonchev–Trinajstić information content (AvgIpc) is 3.28. The van der Waals surface area contributed by atoms with Gasteiger partial charge in [-0.2, -0.15) is 5.10 Å². The molecule has 0 spiro atoms. The Hall–Kier alpha value is -2.98. The fourth-order valence-corrected chi connectivity index (χ4v) is 4.65. The molecule has 0 atom stereocenters. The third-order valence-electron chi connectivity index (χ3n) is 4.24. The maximum atomic E-state index is 13.0. The Kier molecular flexibility index (Phi) is 4.52. The van der Waals surface area contributed by atoms with E-state index >= 15 is 0 Å². The molecule has 4 aromatic rings. The molecular weight excluding hydrogens is 398 g/mol. The quantitative estimate of drug-likeness (QED) is 0.537. The minimum atomic E-state index is -3.87. The molecule has 0 saturated carbocycles. The van der Waals surface area contributed by atoms with Crippen LogP contribution in [0.25, 0.3) is 21.5 Å². The van der Waals surface area contributed by atoms with Crippen molar-refractivity contribution in [3.63, 3.8) is 0 Å². The van der Waals surface area contributed by atoms with Crippen molar-refractivity contribution in [3.05, 3.63) is 47.9 Å². The first-order valence-electron chi connectivity index (χ1n) is 8.29. The van der Waals surface area contributed by atoms with Gasteiger partial charge in [0.15, 0.2) is 0 Å². The highest BCUT2D eigenvalue weighted by molar-refractivity contribution is 7.92. The maximum Gasteiger partial charge on any atom is 0.263 e. The number of hydrogen-bond acceptors (Lipinski definition) is 7. The summed E-state index contributed by atoms with van der Waals surface area (Å²) in [4.78, 5) is 9.42. The smallest absolute Gasteiger partial charge is 0.263 e. The molecule has 144 valence electrons. The standard InChI is InChI=1S/C18H17N5O3S2/c1-11-19-10-16(27-11)14-6-5-13(9-20-14)28(24,25)22-17-15(26-3)7-4-12-8-21-23(2)18(12)17/h4-10,22H,1-3H3. The van der Waals surface area contributed by atoms with Gasteiger partial charge in [-0.1, -0.05) is 0 Å². The van der Waals surface area contributed by atoms with Crippen molar-refractivity contribution in [3.8, 4) is 16.3 Å². The third kappa shape index (κ3) is 3.20. The Balaban J connectivity index is 1.72. The molecule has 3 aromatic heterocycles. The van der Waals surface area contributed by atoms with E-state index in [1.165, 1.54) is 30.7 Å². The minimum Gasteiger partial charge on any atom is -0.494 e. The van der Waals surface area contributed by atoms with Gasteiger partial charge >= 0.3 is 0 Å². The number of aryl methyl sites for hydroxylation is 2. The van der Waals surface area contributed by atoms with Gasteiger partial charge in [0, 0.05) is 24.8 Å². The Morgan fingerprint density at radius 3 is 2.57 bits per heavy atom. The summed E-state index contributed by atoms with van der Waals surface area (Å²) in [6, 6.07) is 6.72. The van der Waals surface area contributed by atoms with Crippen LogP contribution in [-0.2, 0) is 17.1 Å². The molecule has 0 amide bonds. The number of ether oxygens (including phenoxy) is 1. The summed E-state index contributed by atoms with van der Waals surface area (Å²) >= 11 is 1.50. The van der Waals surface area contributed by atoms with Crippen molar-refractivity contribution in [2.45, 2.75) is 11.8 Å². The maximum absolute atomic E-state index is 13.0. The normalized spacial score (nSPS) is 11.7. The van der Waals surface area contributed by atoms with Gasteiger partial charge in [0.1, 0.15) is 16.3 Å². The van der Waals surface area contributed by atoms with Gasteiger partial charge < -0.3 is 4.74 Å². The van der Waals surface area contributed by atoms with E-state index in [9.17, 15) is 8.42 Å². The van der Waals surface area contributed by atoms with E-state index in [0.29, 0.717) is 22.6 Å². The van der Waals surface area contributed by atoms with Crippen molar-refractivity contribution in [1.29, 1.82) is 0 Å². The van der Waals surface area contributed by atoms with Gasteiger partial charge in [0.05, 0.1) is 34.4 Å². The number of nitrogens with one attached hydrogen (secondary N) is 1. The van der Waals surface area contributed by atoms with Crippen molar-refractivity contribution in [1.82, 2.24) is 19.7 Å². The minimum absolute atomic E-state index is 0.0544. The Labute approximate surface area is 165 Å². The van der Waals surface area contributed by atoms with E-state index in [1.54, 1.807) is 36.3 Å². The summed E-state index contributed by atoms with van der Waals surface area (Å²) in [7, 11) is -0.640. The molecule has 0 saturated heterocycles. The summed E-state index contributed by atoms with van der Waals surface area (Å²) in [5.74, 6) is 0.407. The third-order valence-corrected chi connectivity index (χ3v) is 6.51. The van der Waals surface area contributed by atoms with Crippen molar-refractivity contribution in [2.75, 3.05) is 11.8 Å². The number of benzene rings is 1. The highest BCUT2D eigenvalue weighted by atomic mass is 32.2. The zero-order valence-electron chi connectivity index (χ0n) is 15.4. The van der Waals surface area contributed by atoms with Crippen LogP contribution in [0.5, 0.6) is 5.75 Å². The molecule has 10 heteroatoms. The molecule has 4 rings (SSSR count). The number of aromatic nitrogens is 4. The van der Waals surface area contributed by atoms with Crippen LogP contribution in [0.3, 0.4) is 0 Å². The Morgan fingerprint density at radius 2 is 1.93 bits per heavy atom. The fraction of sp³-hybridized carbons (Fsp3) is 0.167. The highest BCUT2D eigenvalue weighted by Crippen LogP contribution is 2.34. The zero-order valence-corrected chi connectivity index (χ0v) is 17.0. The Bertz CT molecular complexity index is 1260. The first kappa shape index (κ1) is 18.4. The lowest BCUT2D eigenvalue weighted by Crippen LogP contribution is -2.15. The molecule has 0 aliphatic heterocycles. The number of anilines is 1. The molecular formula is C18H17N5O3S2. The first-order valence-corrected chi connectivity index (χ1v) is 10.6. The summed E-state index contributed by atoms with van der Waals surface area (Å²) in [5.41, 5.74) is 1.64. The fourth-order valence-electron chi connectivity index (χ4n) is 2.87. The molecule has 0 bridgehead atoms. The molecule has 0 aliphatic rings. The molecule has 0 unspecified atom stereocenters. The van der Waals surface area contributed by atoms with Crippen LogP contribution in [-0.4, -0.2) is 35.3 Å². The van der Waals surface area contributed by atoms with Crippen LogP contribution in [0, 0.1) is 6.92 Å².